The van der Waals surface area contributed by atoms with Gasteiger partial charge in [-0.1, -0.05) is 10.7 Å². The number of carbonyl (C=O) groups excluding carboxylic acids is 2. The first-order valence-corrected chi connectivity index (χ1v) is 7.38. The van der Waals surface area contributed by atoms with Crippen molar-refractivity contribution in [3.8, 4) is 0 Å². The zero-order valence-corrected chi connectivity index (χ0v) is 13.2. The van der Waals surface area contributed by atoms with Crippen LogP contribution in [0.5, 0.6) is 0 Å². The van der Waals surface area contributed by atoms with Crippen molar-refractivity contribution >= 4 is 12.0 Å². The zero-order chi connectivity index (χ0) is 16.2. The van der Waals surface area contributed by atoms with Gasteiger partial charge in [0.25, 0.3) is 5.91 Å². The van der Waals surface area contributed by atoms with Gasteiger partial charge in [-0.25, -0.2) is 9.80 Å². The fraction of sp³-hybridized carbons (Fsp3) is 0.533. The molecule has 0 aromatic carbocycles. The second-order valence-corrected chi connectivity index (χ2v) is 6.22. The predicted octanol–water partition coefficient (Wildman–Crippen LogP) is 0.948. The molecule has 1 aromatic rings. The van der Waals surface area contributed by atoms with Crippen LogP contribution < -0.4 is 15.5 Å². The number of amides is 2. The summed E-state index contributed by atoms with van der Waals surface area (Å²) in [6, 6.07) is 5.12. The van der Waals surface area contributed by atoms with Crippen LogP contribution in [0.3, 0.4) is 0 Å². The van der Waals surface area contributed by atoms with Gasteiger partial charge in [0.05, 0.1) is 0 Å². The highest BCUT2D eigenvalue weighted by molar-refractivity contribution is 5.87. The molecule has 0 spiro atoms. The number of nitrogens with zero attached hydrogens (tertiary/aromatic N) is 2. The minimum atomic E-state index is -0.568. The van der Waals surface area contributed by atoms with Crippen molar-refractivity contribution in [3.05, 3.63) is 30.6 Å². The number of aromatic nitrogens is 1. The molecule has 1 fully saturated rings. The lowest BCUT2D eigenvalue weighted by Gasteiger charge is -2.26. The molecule has 2 rings (SSSR count). The van der Waals surface area contributed by atoms with Crippen molar-refractivity contribution < 1.29 is 19.0 Å². The van der Waals surface area contributed by atoms with Crippen LogP contribution in [0, 0.1) is 0 Å². The molecule has 1 saturated heterocycles. The Morgan fingerprint density at radius 2 is 1.91 bits per heavy atom. The monoisotopic (exact) mass is 307 g/mol. The van der Waals surface area contributed by atoms with Gasteiger partial charge in [0.15, 0.2) is 12.4 Å². The number of hydrogen-bond acceptors (Lipinski definition) is 4. The van der Waals surface area contributed by atoms with Crippen LogP contribution in [0.25, 0.3) is 0 Å². The predicted molar refractivity (Wildman–Crippen MR) is 80.1 cm³/mol. The van der Waals surface area contributed by atoms with Crippen LogP contribution in [0.4, 0.5) is 4.79 Å². The van der Waals surface area contributed by atoms with Crippen molar-refractivity contribution in [1.29, 1.82) is 0 Å². The lowest BCUT2D eigenvalue weighted by Crippen LogP contribution is -2.57. The molecule has 0 saturated carbocycles. The summed E-state index contributed by atoms with van der Waals surface area (Å²) < 4.78 is 6.81. The van der Waals surface area contributed by atoms with E-state index in [0.29, 0.717) is 13.0 Å². The van der Waals surface area contributed by atoms with E-state index in [1.807, 2.05) is 18.2 Å². The maximum absolute atomic E-state index is 12.3. The molecule has 1 aliphatic heterocycles. The van der Waals surface area contributed by atoms with Crippen molar-refractivity contribution in [2.45, 2.75) is 45.3 Å². The minimum absolute atomic E-state index is 0.162. The summed E-state index contributed by atoms with van der Waals surface area (Å²) in [6.07, 6.45) is 4.49. The van der Waals surface area contributed by atoms with E-state index in [4.69, 9.17) is 4.74 Å². The van der Waals surface area contributed by atoms with Gasteiger partial charge in [-0.05, 0) is 33.6 Å². The van der Waals surface area contributed by atoms with Crippen molar-refractivity contribution in [3.63, 3.8) is 0 Å². The molecule has 0 bridgehead atoms. The normalized spacial score (nSPS) is 18.8. The van der Waals surface area contributed by atoms with E-state index < -0.39 is 17.7 Å². The second kappa shape index (κ2) is 6.74. The van der Waals surface area contributed by atoms with Crippen LogP contribution in [0.2, 0.25) is 0 Å². The third kappa shape index (κ3) is 4.70. The van der Waals surface area contributed by atoms with Gasteiger partial charge < -0.3 is 4.74 Å². The number of carbonyl (C=O) groups is 2. The summed E-state index contributed by atoms with van der Waals surface area (Å²) in [4.78, 5) is 24.2. The van der Waals surface area contributed by atoms with E-state index >= 15 is 0 Å². The second-order valence-electron chi connectivity index (χ2n) is 6.22. The lowest BCUT2D eigenvalue weighted by molar-refractivity contribution is -0.642. The van der Waals surface area contributed by atoms with Crippen LogP contribution >= 0.6 is 0 Å². The smallest absolute Gasteiger partial charge is 0.422 e. The summed E-state index contributed by atoms with van der Waals surface area (Å²) in [6.45, 7) is 6.02. The minimum Gasteiger partial charge on any atom is -0.443 e. The van der Waals surface area contributed by atoms with Gasteiger partial charge in [0.1, 0.15) is 11.6 Å². The molecule has 120 valence electrons. The number of nitrogens with one attached hydrogen (secondary N) is 2. The molecule has 1 aromatic heterocycles. The molecule has 0 aliphatic carbocycles. The van der Waals surface area contributed by atoms with Crippen molar-refractivity contribution in [1.82, 2.24) is 10.4 Å². The molecule has 7 nitrogen and oxygen atoms in total. The summed E-state index contributed by atoms with van der Waals surface area (Å²) >= 11 is 0. The quantitative estimate of drug-likeness (QED) is 0.815. The number of hydrazine groups is 1. The zero-order valence-electron chi connectivity index (χ0n) is 13.2. The molecule has 1 atom stereocenters. The molecular formula is C15H23N4O3+. The molecule has 0 unspecified atom stereocenters. The standard InChI is InChI=1S/C15H22N4O3/c1-15(2,3)22-14(21)17-19-11-7-8-12(19)13(20)16-18-9-5-4-6-10-18/h4-6,9-10,12H,7-8,11H2,1-3H3,(H-,16,17,20,21)/p+1/t12-/m0/s1. The average Bonchev–Trinajstić information content (AvgIpc) is 2.85. The Morgan fingerprint density at radius 3 is 2.55 bits per heavy atom. The van der Waals surface area contributed by atoms with E-state index in [2.05, 4.69) is 10.9 Å². The van der Waals surface area contributed by atoms with Gasteiger partial charge in [-0.2, -0.15) is 0 Å². The largest absolute Gasteiger partial charge is 0.443 e. The Hall–Kier alpha value is -2.15. The van der Waals surface area contributed by atoms with Crippen molar-refractivity contribution in [2.24, 2.45) is 0 Å². The highest BCUT2D eigenvalue weighted by Crippen LogP contribution is 2.15. The third-order valence-corrected chi connectivity index (χ3v) is 3.14. The van der Waals surface area contributed by atoms with Crippen LogP contribution in [0.1, 0.15) is 33.6 Å². The third-order valence-electron chi connectivity index (χ3n) is 3.14. The number of ether oxygens (including phenoxy) is 1. The van der Waals surface area contributed by atoms with E-state index in [-0.39, 0.29) is 5.91 Å². The SMILES string of the molecule is CC(C)(C)OC(=O)NN1CCC[C@H]1C(=O)N[n+]1ccccc1. The number of hydrogen-bond donors (Lipinski definition) is 2. The van der Waals surface area contributed by atoms with Crippen LogP contribution in [0.15, 0.2) is 30.6 Å². The van der Waals surface area contributed by atoms with E-state index in [9.17, 15) is 9.59 Å². The molecule has 2 N–H and O–H groups in total. The Balaban J connectivity index is 1.92. The first-order valence-electron chi connectivity index (χ1n) is 7.38. The molecular weight excluding hydrogens is 284 g/mol. The van der Waals surface area contributed by atoms with Crippen LogP contribution in [-0.4, -0.2) is 35.2 Å². The first-order chi connectivity index (χ1) is 10.3. The Kier molecular flexibility index (Phi) is 4.97. The molecule has 2 heterocycles. The lowest BCUT2D eigenvalue weighted by atomic mass is 10.2. The summed E-state index contributed by atoms with van der Waals surface area (Å²) in [5.74, 6) is -0.162. The number of pyridine rings is 1. The summed E-state index contributed by atoms with van der Waals surface area (Å²) in [5.41, 5.74) is 4.87. The highest BCUT2D eigenvalue weighted by atomic mass is 16.6. The van der Waals surface area contributed by atoms with Gasteiger partial charge >= 0.3 is 6.09 Å². The topological polar surface area (TPSA) is 74.5 Å². The Bertz CT molecular complexity index is 527. The summed E-state index contributed by atoms with van der Waals surface area (Å²) in [7, 11) is 0. The van der Waals surface area contributed by atoms with Gasteiger partial charge in [-0.15, -0.1) is 5.43 Å². The van der Waals surface area contributed by atoms with Gasteiger partial charge in [0, 0.05) is 18.7 Å². The van der Waals surface area contributed by atoms with Crippen LogP contribution in [-0.2, 0) is 9.53 Å². The number of rotatable bonds is 3. The van der Waals surface area contributed by atoms with Gasteiger partial charge in [-0.3, -0.25) is 10.2 Å². The van der Waals surface area contributed by atoms with E-state index in [1.165, 1.54) is 0 Å². The fourth-order valence-corrected chi connectivity index (χ4v) is 2.27. The molecule has 22 heavy (non-hydrogen) atoms. The fourth-order valence-electron chi connectivity index (χ4n) is 2.27. The van der Waals surface area contributed by atoms with Gasteiger partial charge in [0.2, 0.25) is 0 Å². The molecule has 1 aliphatic rings. The maximum Gasteiger partial charge on any atom is 0.422 e. The summed E-state index contributed by atoms with van der Waals surface area (Å²) in [5, 5.41) is 1.63. The average molecular weight is 307 g/mol. The first kappa shape index (κ1) is 16.2. The highest BCUT2D eigenvalue weighted by Gasteiger charge is 2.34. The molecule has 0 radical (unpaired) electrons. The van der Waals surface area contributed by atoms with E-state index in [0.717, 1.165) is 6.42 Å². The maximum atomic E-state index is 12.3. The van der Waals surface area contributed by atoms with E-state index in [1.54, 1.807) is 42.8 Å². The Morgan fingerprint density at radius 1 is 1.23 bits per heavy atom. The molecule has 7 heteroatoms. The van der Waals surface area contributed by atoms with Crippen molar-refractivity contribution in [2.75, 3.05) is 12.0 Å². The molecule has 2 amide bonds. The Labute approximate surface area is 130 Å².